The average molecular weight is 634 g/mol. The van der Waals surface area contributed by atoms with Gasteiger partial charge in [-0.05, 0) is 82.9 Å². The summed E-state index contributed by atoms with van der Waals surface area (Å²) in [5.41, 5.74) is -0.654. The number of ether oxygens (including phenoxy) is 4. The number of amides is 2. The molecule has 0 unspecified atom stereocenters. The number of alkyl halides is 2. The van der Waals surface area contributed by atoms with Crippen molar-refractivity contribution in [2.24, 2.45) is 5.92 Å². The van der Waals surface area contributed by atoms with Gasteiger partial charge in [0.2, 0.25) is 5.89 Å². The summed E-state index contributed by atoms with van der Waals surface area (Å²) in [5.74, 6) is -2.10. The molecule has 14 heteroatoms. The van der Waals surface area contributed by atoms with Crippen molar-refractivity contribution in [2.45, 2.75) is 65.3 Å². The molecular formula is C31H34F3N3O8. The lowest BCUT2D eigenvalue weighted by molar-refractivity contribution is -0.0515. The first-order chi connectivity index (χ1) is 21.2. The summed E-state index contributed by atoms with van der Waals surface area (Å²) >= 11 is 0. The maximum Gasteiger partial charge on any atom is 0.408 e. The highest BCUT2D eigenvalue weighted by Gasteiger charge is 2.27. The minimum absolute atomic E-state index is 0.0283. The van der Waals surface area contributed by atoms with Crippen LogP contribution in [0.2, 0.25) is 0 Å². The number of esters is 1. The van der Waals surface area contributed by atoms with Crippen LogP contribution in [0.1, 0.15) is 78.7 Å². The first-order valence-corrected chi connectivity index (χ1v) is 14.1. The number of hydrogen-bond acceptors (Lipinski definition) is 9. The van der Waals surface area contributed by atoms with Crippen LogP contribution in [0.5, 0.6) is 11.5 Å². The summed E-state index contributed by atoms with van der Waals surface area (Å²) in [6, 6.07) is 6.67. The van der Waals surface area contributed by atoms with Crippen LogP contribution in [-0.2, 0) is 16.0 Å². The van der Waals surface area contributed by atoms with E-state index >= 15 is 0 Å². The van der Waals surface area contributed by atoms with Crippen molar-refractivity contribution in [1.82, 2.24) is 15.6 Å². The molecule has 3 aromatic rings. The van der Waals surface area contributed by atoms with Crippen molar-refractivity contribution in [3.05, 3.63) is 64.8 Å². The molecular weight excluding hydrogens is 599 g/mol. The quantitative estimate of drug-likeness (QED) is 0.224. The van der Waals surface area contributed by atoms with E-state index < -0.39 is 42.0 Å². The predicted molar refractivity (Wildman–Crippen MR) is 153 cm³/mol. The number of benzene rings is 2. The van der Waals surface area contributed by atoms with Gasteiger partial charge in [0, 0.05) is 5.56 Å². The molecule has 1 fully saturated rings. The minimum atomic E-state index is -3.07. The molecule has 0 aliphatic heterocycles. The topological polar surface area (TPSA) is 138 Å². The van der Waals surface area contributed by atoms with Gasteiger partial charge in [0.25, 0.3) is 5.91 Å². The molecule has 4 rings (SSSR count). The number of methoxy groups -OCH3 is 1. The van der Waals surface area contributed by atoms with Gasteiger partial charge in [0.1, 0.15) is 17.1 Å². The predicted octanol–water partition coefficient (Wildman–Crippen LogP) is 6.17. The lowest BCUT2D eigenvalue weighted by Crippen LogP contribution is -2.34. The lowest BCUT2D eigenvalue weighted by Gasteiger charge is -2.21. The molecule has 2 amide bonds. The van der Waals surface area contributed by atoms with Gasteiger partial charge in [-0.3, -0.25) is 4.79 Å². The highest BCUT2D eigenvalue weighted by Crippen LogP contribution is 2.37. The second-order valence-electron chi connectivity index (χ2n) is 11.4. The Morgan fingerprint density at radius 2 is 1.82 bits per heavy atom. The summed E-state index contributed by atoms with van der Waals surface area (Å²) in [7, 11) is 1.15. The number of aromatic nitrogens is 1. The van der Waals surface area contributed by atoms with E-state index in [2.05, 4.69) is 25.1 Å². The molecule has 242 valence electrons. The lowest BCUT2D eigenvalue weighted by atomic mass is 10.1. The maximum atomic E-state index is 14.7. The van der Waals surface area contributed by atoms with E-state index in [0.717, 1.165) is 32.1 Å². The Morgan fingerprint density at radius 1 is 1.09 bits per heavy atom. The largest absolute Gasteiger partial charge is 0.489 e. The molecule has 2 aromatic carbocycles. The van der Waals surface area contributed by atoms with Crippen molar-refractivity contribution in [1.29, 1.82) is 0 Å². The van der Waals surface area contributed by atoms with Crippen LogP contribution in [-0.4, -0.2) is 48.9 Å². The van der Waals surface area contributed by atoms with Gasteiger partial charge in [0.15, 0.2) is 17.3 Å². The zero-order chi connectivity index (χ0) is 32.9. The van der Waals surface area contributed by atoms with Crippen LogP contribution in [0, 0.1) is 11.7 Å². The summed E-state index contributed by atoms with van der Waals surface area (Å²) in [4.78, 5) is 41.5. The number of oxazole rings is 1. The van der Waals surface area contributed by atoms with Crippen molar-refractivity contribution in [3.63, 3.8) is 0 Å². The monoisotopic (exact) mass is 633 g/mol. The van der Waals surface area contributed by atoms with Gasteiger partial charge in [-0.25, -0.2) is 19.0 Å². The maximum absolute atomic E-state index is 14.7. The number of carbonyl (C=O) groups excluding carboxylic acids is 3. The van der Waals surface area contributed by atoms with Gasteiger partial charge in [-0.2, -0.15) is 8.78 Å². The van der Waals surface area contributed by atoms with E-state index in [0.29, 0.717) is 18.1 Å². The van der Waals surface area contributed by atoms with E-state index in [-0.39, 0.29) is 46.5 Å². The standard InChI is InChI=1S/C31H34F3N3O8/c1-16(36-30(40)45-31(2,3)4)25-22(14-35-26(38)20-10-8-19(12-21(20)32)28(39)41-5)37-27(44-25)18-9-11-23(43-29(33)34)24(13-18)42-15-17-6-7-17/h8-13,16-17,29H,6-7,14-15H2,1-5H3,(H,35,38)(H,36,40)/t16-/m0/s1. The molecule has 1 aliphatic rings. The number of rotatable bonds is 12. The highest BCUT2D eigenvalue weighted by molar-refractivity contribution is 5.96. The summed E-state index contributed by atoms with van der Waals surface area (Å²) in [6.45, 7) is 3.71. The van der Waals surface area contributed by atoms with Gasteiger partial charge >= 0.3 is 18.7 Å². The molecule has 0 radical (unpaired) electrons. The third kappa shape index (κ3) is 9.13. The number of nitrogens with one attached hydrogen (secondary N) is 2. The Labute approximate surface area is 257 Å². The normalized spacial score (nSPS) is 13.6. The van der Waals surface area contributed by atoms with Crippen molar-refractivity contribution >= 4 is 18.0 Å². The number of carbonyl (C=O) groups is 3. The molecule has 45 heavy (non-hydrogen) atoms. The Hall–Kier alpha value is -4.75. The first-order valence-electron chi connectivity index (χ1n) is 14.1. The van der Waals surface area contributed by atoms with Crippen molar-refractivity contribution in [3.8, 4) is 23.0 Å². The van der Waals surface area contributed by atoms with E-state index in [1.165, 1.54) is 24.3 Å². The smallest absolute Gasteiger partial charge is 0.408 e. The molecule has 0 spiro atoms. The highest BCUT2D eigenvalue weighted by atomic mass is 19.3. The molecule has 2 N–H and O–H groups in total. The third-order valence-corrected chi connectivity index (χ3v) is 6.48. The molecule has 0 saturated heterocycles. The number of hydrogen-bond donors (Lipinski definition) is 2. The Balaban J connectivity index is 1.62. The molecule has 1 aliphatic carbocycles. The Kier molecular flexibility index (Phi) is 10.2. The van der Waals surface area contributed by atoms with Gasteiger partial charge in [-0.1, -0.05) is 0 Å². The van der Waals surface area contributed by atoms with Crippen LogP contribution >= 0.6 is 0 Å². The first kappa shape index (κ1) is 33.1. The Morgan fingerprint density at radius 3 is 2.44 bits per heavy atom. The van der Waals surface area contributed by atoms with Crippen LogP contribution in [0.4, 0.5) is 18.0 Å². The van der Waals surface area contributed by atoms with E-state index in [1.807, 2.05) is 0 Å². The fraction of sp³-hybridized carbons (Fsp3) is 0.419. The molecule has 1 saturated carbocycles. The average Bonchev–Trinajstić information content (AvgIpc) is 3.69. The van der Waals surface area contributed by atoms with Crippen LogP contribution in [0.15, 0.2) is 40.8 Å². The summed E-state index contributed by atoms with van der Waals surface area (Å²) in [6.07, 6.45) is 1.22. The van der Waals surface area contributed by atoms with Crippen LogP contribution in [0.3, 0.4) is 0 Å². The molecule has 1 heterocycles. The Bertz CT molecular complexity index is 1550. The zero-order valence-electron chi connectivity index (χ0n) is 25.4. The van der Waals surface area contributed by atoms with E-state index in [4.69, 9.17) is 13.9 Å². The summed E-state index contributed by atoms with van der Waals surface area (Å²) in [5, 5.41) is 5.21. The number of nitrogens with zero attached hydrogens (tertiary/aromatic N) is 1. The zero-order valence-corrected chi connectivity index (χ0v) is 25.4. The second kappa shape index (κ2) is 13.9. The molecule has 1 atom stereocenters. The molecule has 1 aromatic heterocycles. The van der Waals surface area contributed by atoms with Gasteiger partial charge < -0.3 is 34.0 Å². The van der Waals surface area contributed by atoms with Crippen LogP contribution < -0.4 is 20.1 Å². The summed E-state index contributed by atoms with van der Waals surface area (Å²) < 4.78 is 67.0. The van der Waals surface area contributed by atoms with Crippen LogP contribution in [0.25, 0.3) is 11.5 Å². The van der Waals surface area contributed by atoms with Gasteiger partial charge in [-0.15, -0.1) is 0 Å². The fourth-order valence-electron chi connectivity index (χ4n) is 4.14. The molecule has 0 bridgehead atoms. The van der Waals surface area contributed by atoms with E-state index in [1.54, 1.807) is 27.7 Å². The minimum Gasteiger partial charge on any atom is -0.489 e. The SMILES string of the molecule is COC(=O)c1ccc(C(=O)NCc2nc(-c3ccc(OC(F)F)c(OCC4CC4)c3)oc2[C@H](C)NC(=O)OC(C)(C)C)c(F)c1. The van der Waals surface area contributed by atoms with Crippen molar-refractivity contribution < 1.29 is 50.9 Å². The number of alkyl carbamates (subject to hydrolysis) is 1. The second-order valence-corrected chi connectivity index (χ2v) is 11.4. The number of halogens is 3. The fourth-order valence-corrected chi connectivity index (χ4v) is 4.14. The van der Waals surface area contributed by atoms with Gasteiger partial charge in [0.05, 0.1) is 37.4 Å². The third-order valence-electron chi connectivity index (χ3n) is 6.48. The van der Waals surface area contributed by atoms with E-state index in [9.17, 15) is 27.6 Å². The molecule has 11 nitrogen and oxygen atoms in total. The van der Waals surface area contributed by atoms with Crippen molar-refractivity contribution in [2.75, 3.05) is 13.7 Å².